The van der Waals surface area contributed by atoms with Crippen LogP contribution in [0.3, 0.4) is 0 Å². The Morgan fingerprint density at radius 2 is 1.59 bits per heavy atom. The van der Waals surface area contributed by atoms with E-state index in [0.29, 0.717) is 49.8 Å². The van der Waals surface area contributed by atoms with E-state index < -0.39 is 29.9 Å². The third-order valence-corrected chi connectivity index (χ3v) is 8.54. The summed E-state index contributed by atoms with van der Waals surface area (Å²) in [4.78, 5) is 84.9. The number of nitrogens with one attached hydrogen (secondary N) is 4. The molecule has 262 valence electrons. The Kier molecular flexibility index (Phi) is 13.4. The summed E-state index contributed by atoms with van der Waals surface area (Å²) in [6.45, 7) is 6.39. The van der Waals surface area contributed by atoms with E-state index in [4.69, 9.17) is 0 Å². The van der Waals surface area contributed by atoms with Gasteiger partial charge in [0.05, 0.1) is 17.2 Å². The van der Waals surface area contributed by atoms with E-state index in [1.807, 2.05) is 50.2 Å². The lowest BCUT2D eigenvalue weighted by Crippen LogP contribution is -2.57. The lowest BCUT2D eigenvalue weighted by atomic mass is 10.0. The molecular formula is C36H47N7O6. The highest BCUT2D eigenvalue weighted by Gasteiger charge is 2.29. The molecule has 1 aliphatic heterocycles. The molecule has 1 saturated heterocycles. The highest BCUT2D eigenvalue weighted by Crippen LogP contribution is 2.10. The van der Waals surface area contributed by atoms with Crippen molar-refractivity contribution in [1.82, 2.24) is 35.7 Å². The van der Waals surface area contributed by atoms with Gasteiger partial charge in [-0.05, 0) is 49.8 Å². The van der Waals surface area contributed by atoms with Crippen LogP contribution < -0.4 is 26.8 Å². The number of nitrogens with zero attached hydrogens (tertiary/aromatic N) is 3. The van der Waals surface area contributed by atoms with Gasteiger partial charge in [0.2, 0.25) is 29.5 Å². The Labute approximate surface area is 286 Å². The first-order chi connectivity index (χ1) is 23.5. The lowest BCUT2D eigenvalue weighted by molar-refractivity contribution is -0.134. The second kappa shape index (κ2) is 17.9. The summed E-state index contributed by atoms with van der Waals surface area (Å²) in [5.74, 6) is -2.12. The molecule has 2 aromatic carbocycles. The first-order valence-corrected chi connectivity index (χ1v) is 17.0. The summed E-state index contributed by atoms with van der Waals surface area (Å²) in [6, 6.07) is 13.6. The minimum atomic E-state index is -0.952. The average Bonchev–Trinajstić information content (AvgIpc) is 3.08. The largest absolute Gasteiger partial charge is 0.354 e. The van der Waals surface area contributed by atoms with E-state index in [9.17, 15) is 28.8 Å². The molecule has 0 saturated carbocycles. The fraction of sp³-hybridized carbons (Fsp3) is 0.472. The third-order valence-electron chi connectivity index (χ3n) is 8.54. The van der Waals surface area contributed by atoms with Crippen molar-refractivity contribution in [2.75, 3.05) is 19.6 Å². The van der Waals surface area contributed by atoms with E-state index in [-0.39, 0.29) is 55.0 Å². The summed E-state index contributed by atoms with van der Waals surface area (Å²) >= 11 is 0. The number of amides is 5. The summed E-state index contributed by atoms with van der Waals surface area (Å²) in [5, 5.41) is 11.6. The van der Waals surface area contributed by atoms with Crippen LogP contribution in [-0.4, -0.2) is 81.7 Å². The molecule has 3 aromatic rings. The van der Waals surface area contributed by atoms with Crippen molar-refractivity contribution in [2.24, 2.45) is 5.92 Å². The predicted octanol–water partition coefficient (Wildman–Crippen LogP) is 1.68. The Bertz CT molecular complexity index is 1680. The van der Waals surface area contributed by atoms with Crippen molar-refractivity contribution in [1.29, 1.82) is 0 Å². The van der Waals surface area contributed by atoms with Crippen LogP contribution in [0.25, 0.3) is 10.9 Å². The van der Waals surface area contributed by atoms with Crippen LogP contribution in [-0.2, 0) is 36.9 Å². The van der Waals surface area contributed by atoms with Crippen LogP contribution in [0.5, 0.6) is 0 Å². The molecule has 5 amide bonds. The third kappa shape index (κ3) is 10.7. The van der Waals surface area contributed by atoms with E-state index in [0.717, 1.165) is 5.56 Å². The molecule has 4 N–H and O–H groups in total. The van der Waals surface area contributed by atoms with Crippen molar-refractivity contribution < 1.29 is 24.0 Å². The standard InChI is InChI=1S/C36H47N7O6/c1-24(2)32-35(48)37-18-11-21-42(31(45)17-10-20-43-23-38-28-15-8-7-14-27(28)36(43)49)19-9-16-30(44)40-29(22-26-12-5-4-6-13-26)34(47)39-25(3)33(46)41-32/h4-8,12-15,23-25,29,32H,9-11,16-22H2,1-3H3,(H,37,48)(H,39,47)(H,40,44)(H,41,46)/t25-,29+,32-/m1/s1. The quantitative estimate of drug-likeness (QED) is 0.296. The molecule has 0 unspecified atom stereocenters. The minimum Gasteiger partial charge on any atom is -0.354 e. The van der Waals surface area contributed by atoms with Crippen LogP contribution >= 0.6 is 0 Å². The van der Waals surface area contributed by atoms with E-state index >= 15 is 0 Å². The maximum absolute atomic E-state index is 13.4. The second-order valence-electron chi connectivity index (χ2n) is 12.8. The molecular weight excluding hydrogens is 626 g/mol. The van der Waals surface area contributed by atoms with Gasteiger partial charge in [0.1, 0.15) is 18.1 Å². The van der Waals surface area contributed by atoms with Gasteiger partial charge in [0.25, 0.3) is 5.56 Å². The maximum atomic E-state index is 13.4. The zero-order valence-corrected chi connectivity index (χ0v) is 28.4. The van der Waals surface area contributed by atoms with Gasteiger partial charge in [-0.25, -0.2) is 4.98 Å². The fourth-order valence-electron chi connectivity index (χ4n) is 5.73. The van der Waals surface area contributed by atoms with Gasteiger partial charge in [0, 0.05) is 45.4 Å². The van der Waals surface area contributed by atoms with Crippen molar-refractivity contribution in [3.05, 3.63) is 76.8 Å². The molecule has 1 aromatic heterocycles. The lowest BCUT2D eigenvalue weighted by Gasteiger charge is -2.26. The van der Waals surface area contributed by atoms with Crippen molar-refractivity contribution >= 4 is 40.4 Å². The number of aromatic nitrogens is 2. The van der Waals surface area contributed by atoms with Gasteiger partial charge >= 0.3 is 0 Å². The number of fused-ring (bicyclic) bond motifs is 1. The first kappa shape index (κ1) is 36.8. The molecule has 4 rings (SSSR count). The van der Waals surface area contributed by atoms with Gasteiger partial charge in [0.15, 0.2) is 0 Å². The van der Waals surface area contributed by atoms with Crippen LogP contribution in [0.2, 0.25) is 0 Å². The molecule has 1 fully saturated rings. The van der Waals surface area contributed by atoms with Gasteiger partial charge < -0.3 is 26.2 Å². The summed E-state index contributed by atoms with van der Waals surface area (Å²) < 4.78 is 1.50. The van der Waals surface area contributed by atoms with Gasteiger partial charge in [-0.3, -0.25) is 33.3 Å². The molecule has 1 aliphatic rings. The Morgan fingerprint density at radius 1 is 0.878 bits per heavy atom. The zero-order chi connectivity index (χ0) is 35.3. The Balaban J connectivity index is 1.45. The van der Waals surface area contributed by atoms with E-state index in [1.54, 1.807) is 23.1 Å². The van der Waals surface area contributed by atoms with E-state index in [1.165, 1.54) is 17.8 Å². The Morgan fingerprint density at radius 3 is 2.35 bits per heavy atom. The van der Waals surface area contributed by atoms with Gasteiger partial charge in [-0.2, -0.15) is 0 Å². The maximum Gasteiger partial charge on any atom is 0.261 e. The van der Waals surface area contributed by atoms with Gasteiger partial charge in [-0.15, -0.1) is 0 Å². The fourth-order valence-corrected chi connectivity index (χ4v) is 5.73. The first-order valence-electron chi connectivity index (χ1n) is 17.0. The molecule has 2 heterocycles. The number of hydrogen-bond acceptors (Lipinski definition) is 7. The number of aryl methyl sites for hydroxylation is 1. The molecule has 0 radical (unpaired) electrons. The molecule has 49 heavy (non-hydrogen) atoms. The second-order valence-corrected chi connectivity index (χ2v) is 12.8. The Hall–Kier alpha value is -5.07. The molecule has 3 atom stereocenters. The number of hydrogen-bond donors (Lipinski definition) is 4. The minimum absolute atomic E-state index is 0.0728. The molecule has 13 nitrogen and oxygen atoms in total. The van der Waals surface area contributed by atoms with Crippen molar-refractivity contribution in [3.63, 3.8) is 0 Å². The van der Waals surface area contributed by atoms with Crippen LogP contribution in [0.1, 0.15) is 58.4 Å². The highest BCUT2D eigenvalue weighted by atomic mass is 16.2. The molecule has 13 heteroatoms. The highest BCUT2D eigenvalue weighted by molar-refractivity contribution is 5.94. The SMILES string of the molecule is CC(C)[C@H]1NC(=O)[C@@H](C)NC(=O)[C@H](Cc2ccccc2)NC(=O)CCCN(C(=O)CCCn2cnc3ccccc3c2=O)CCCNC1=O. The number of benzene rings is 2. The molecule has 0 bridgehead atoms. The van der Waals surface area contributed by atoms with Crippen LogP contribution in [0, 0.1) is 5.92 Å². The zero-order valence-electron chi connectivity index (χ0n) is 28.4. The summed E-state index contributed by atoms with van der Waals surface area (Å²) in [6.07, 6.45) is 3.18. The van der Waals surface area contributed by atoms with Crippen molar-refractivity contribution in [2.45, 2.75) is 84.0 Å². The van der Waals surface area contributed by atoms with Crippen LogP contribution in [0.15, 0.2) is 65.7 Å². The number of carbonyl (C=O) groups is 5. The van der Waals surface area contributed by atoms with E-state index in [2.05, 4.69) is 26.3 Å². The monoisotopic (exact) mass is 673 g/mol. The van der Waals surface area contributed by atoms with Crippen molar-refractivity contribution in [3.8, 4) is 0 Å². The van der Waals surface area contributed by atoms with Gasteiger partial charge in [-0.1, -0.05) is 56.3 Å². The number of rotatable bonds is 7. The predicted molar refractivity (Wildman–Crippen MR) is 185 cm³/mol. The van der Waals surface area contributed by atoms with Crippen LogP contribution in [0.4, 0.5) is 0 Å². The topological polar surface area (TPSA) is 172 Å². The molecule has 0 spiro atoms. The summed E-state index contributed by atoms with van der Waals surface area (Å²) in [7, 11) is 0. The number of para-hydroxylation sites is 1. The summed E-state index contributed by atoms with van der Waals surface area (Å²) in [5.41, 5.74) is 1.28. The average molecular weight is 674 g/mol. The number of carbonyl (C=O) groups excluding carboxylic acids is 5. The smallest absolute Gasteiger partial charge is 0.261 e. The molecule has 0 aliphatic carbocycles. The normalized spacial score (nSPS) is 20.5.